The van der Waals surface area contributed by atoms with E-state index in [1.807, 2.05) is 5.01 Å². The van der Waals surface area contributed by atoms with Gasteiger partial charge in [-0.25, -0.2) is 5.01 Å². The van der Waals surface area contributed by atoms with Crippen molar-refractivity contribution < 1.29 is 0 Å². The predicted octanol–water partition coefficient (Wildman–Crippen LogP) is -0.130. The molecule has 0 bridgehead atoms. The van der Waals surface area contributed by atoms with E-state index in [9.17, 15) is 0 Å². The van der Waals surface area contributed by atoms with Crippen LogP contribution in [0.2, 0.25) is 0 Å². The molecule has 1 aliphatic rings. The van der Waals surface area contributed by atoms with Crippen molar-refractivity contribution in [3.63, 3.8) is 0 Å². The van der Waals surface area contributed by atoms with Crippen molar-refractivity contribution in [2.45, 2.75) is 19.3 Å². The van der Waals surface area contributed by atoms with E-state index in [0.29, 0.717) is 0 Å². The molecule has 1 saturated heterocycles. The van der Waals surface area contributed by atoms with Crippen LogP contribution in [0.5, 0.6) is 0 Å². The monoisotopic (exact) mass is 142 g/mol. The lowest BCUT2D eigenvalue weighted by Gasteiger charge is -2.26. The summed E-state index contributed by atoms with van der Waals surface area (Å²) in [6, 6.07) is 0. The minimum atomic E-state index is 0.0434. The molecule has 0 unspecified atom stereocenters. The molecule has 0 aromatic carbocycles. The lowest BCUT2D eigenvalue weighted by atomic mass is 10.2. The first-order chi connectivity index (χ1) is 4.79. The van der Waals surface area contributed by atoms with Crippen LogP contribution in [0.1, 0.15) is 19.3 Å². The molecule has 1 fully saturated rings. The van der Waals surface area contributed by atoms with Gasteiger partial charge in [-0.1, -0.05) is 6.42 Å². The van der Waals surface area contributed by atoms with Crippen molar-refractivity contribution >= 4 is 5.96 Å². The van der Waals surface area contributed by atoms with Gasteiger partial charge in [0.1, 0.15) is 0 Å². The maximum absolute atomic E-state index is 6.96. The van der Waals surface area contributed by atoms with Gasteiger partial charge in [0.2, 0.25) is 5.96 Å². The van der Waals surface area contributed by atoms with Gasteiger partial charge >= 0.3 is 0 Å². The largest absolute Gasteiger partial charge is 0.369 e. The Bertz CT molecular complexity index is 117. The third kappa shape index (κ3) is 2.23. The van der Waals surface area contributed by atoms with Crippen molar-refractivity contribution in [3.05, 3.63) is 0 Å². The topological polar surface area (TPSA) is 65.1 Å². The van der Waals surface area contributed by atoms with Crippen LogP contribution in [-0.2, 0) is 0 Å². The first kappa shape index (κ1) is 7.34. The zero-order valence-electron chi connectivity index (χ0n) is 6.06. The molecule has 0 aliphatic carbocycles. The number of nitrogens with one attached hydrogen (secondary N) is 2. The van der Waals surface area contributed by atoms with Gasteiger partial charge < -0.3 is 5.73 Å². The van der Waals surface area contributed by atoms with Crippen LogP contribution in [0, 0.1) is 5.41 Å². The first-order valence-electron chi connectivity index (χ1n) is 3.64. The maximum Gasteiger partial charge on any atom is 0.200 e. The molecule has 1 aliphatic heterocycles. The molecule has 1 rings (SSSR count). The molecule has 0 spiro atoms. The Hall–Kier alpha value is -0.770. The highest BCUT2D eigenvalue weighted by atomic mass is 15.5. The fourth-order valence-corrected chi connectivity index (χ4v) is 1.18. The molecule has 4 nitrogen and oxygen atoms in total. The van der Waals surface area contributed by atoms with Crippen LogP contribution in [-0.4, -0.2) is 24.1 Å². The summed E-state index contributed by atoms with van der Waals surface area (Å²) >= 11 is 0. The summed E-state index contributed by atoms with van der Waals surface area (Å²) in [4.78, 5) is 0. The van der Waals surface area contributed by atoms with Gasteiger partial charge in [-0.2, -0.15) is 0 Å². The quantitative estimate of drug-likeness (QED) is 0.353. The van der Waals surface area contributed by atoms with Crippen LogP contribution in [0.3, 0.4) is 0 Å². The van der Waals surface area contributed by atoms with Gasteiger partial charge in [0, 0.05) is 13.1 Å². The summed E-state index contributed by atoms with van der Waals surface area (Å²) in [6.45, 7) is 2.03. The van der Waals surface area contributed by atoms with Crippen LogP contribution in [0.4, 0.5) is 0 Å². The molecule has 0 aromatic heterocycles. The molecule has 4 heteroatoms. The maximum atomic E-state index is 6.96. The van der Waals surface area contributed by atoms with E-state index < -0.39 is 0 Å². The number of guanidine groups is 1. The van der Waals surface area contributed by atoms with Crippen LogP contribution < -0.4 is 11.2 Å². The summed E-state index contributed by atoms with van der Waals surface area (Å²) < 4.78 is 0. The number of nitrogens with two attached hydrogens (primary N) is 1. The van der Waals surface area contributed by atoms with Crippen LogP contribution >= 0.6 is 0 Å². The van der Waals surface area contributed by atoms with Crippen molar-refractivity contribution in [1.29, 1.82) is 5.41 Å². The highest BCUT2D eigenvalue weighted by Gasteiger charge is 2.08. The molecular formula is C6H14N4. The van der Waals surface area contributed by atoms with E-state index in [1.165, 1.54) is 19.3 Å². The number of hydrogen-bond acceptors (Lipinski definition) is 2. The van der Waals surface area contributed by atoms with E-state index in [1.54, 1.807) is 0 Å². The number of rotatable bonds is 1. The third-order valence-corrected chi connectivity index (χ3v) is 1.63. The number of hydrazine groups is 1. The Morgan fingerprint density at radius 3 is 2.40 bits per heavy atom. The van der Waals surface area contributed by atoms with Crippen molar-refractivity contribution in [3.8, 4) is 0 Å². The molecule has 0 saturated carbocycles. The standard InChI is InChI=1S/C6H14N4/c7-6(8)9-10-4-2-1-3-5-10/h1-5H2,(H4,7,8,9). The molecule has 58 valence electrons. The Balaban J connectivity index is 2.19. The second kappa shape index (κ2) is 3.41. The van der Waals surface area contributed by atoms with E-state index in [2.05, 4.69) is 5.43 Å². The molecule has 1 heterocycles. The summed E-state index contributed by atoms with van der Waals surface area (Å²) in [7, 11) is 0. The molecule has 0 radical (unpaired) electrons. The van der Waals surface area contributed by atoms with Gasteiger partial charge in [-0.3, -0.25) is 10.8 Å². The molecule has 0 aromatic rings. The lowest BCUT2D eigenvalue weighted by Crippen LogP contribution is -2.47. The van der Waals surface area contributed by atoms with E-state index in [4.69, 9.17) is 11.1 Å². The molecular weight excluding hydrogens is 128 g/mol. The summed E-state index contributed by atoms with van der Waals surface area (Å²) in [6.07, 6.45) is 3.72. The average molecular weight is 142 g/mol. The highest BCUT2D eigenvalue weighted by Crippen LogP contribution is 2.04. The first-order valence-corrected chi connectivity index (χ1v) is 3.64. The zero-order valence-corrected chi connectivity index (χ0v) is 6.06. The minimum absolute atomic E-state index is 0.0434. The predicted molar refractivity (Wildman–Crippen MR) is 40.5 cm³/mol. The molecule has 4 N–H and O–H groups in total. The van der Waals surface area contributed by atoms with Crippen LogP contribution in [0.25, 0.3) is 0 Å². The average Bonchev–Trinajstić information content (AvgIpc) is 1.88. The Morgan fingerprint density at radius 1 is 1.30 bits per heavy atom. The second-order valence-corrected chi connectivity index (χ2v) is 2.57. The zero-order chi connectivity index (χ0) is 7.40. The fraction of sp³-hybridized carbons (Fsp3) is 0.833. The van der Waals surface area contributed by atoms with E-state index >= 15 is 0 Å². The molecule has 10 heavy (non-hydrogen) atoms. The van der Waals surface area contributed by atoms with E-state index in [0.717, 1.165) is 13.1 Å². The Kier molecular flexibility index (Phi) is 2.50. The number of nitrogens with zero attached hydrogens (tertiary/aromatic N) is 1. The minimum Gasteiger partial charge on any atom is -0.369 e. The van der Waals surface area contributed by atoms with Crippen molar-refractivity contribution in [2.24, 2.45) is 5.73 Å². The number of hydrogen-bond donors (Lipinski definition) is 3. The summed E-state index contributed by atoms with van der Waals surface area (Å²) in [5, 5.41) is 8.95. The smallest absolute Gasteiger partial charge is 0.200 e. The fourth-order valence-electron chi connectivity index (χ4n) is 1.18. The summed E-state index contributed by atoms with van der Waals surface area (Å²) in [5.74, 6) is 0.0434. The van der Waals surface area contributed by atoms with Crippen molar-refractivity contribution in [1.82, 2.24) is 10.4 Å². The molecule has 0 amide bonds. The van der Waals surface area contributed by atoms with Crippen molar-refractivity contribution in [2.75, 3.05) is 13.1 Å². The van der Waals surface area contributed by atoms with E-state index in [-0.39, 0.29) is 5.96 Å². The van der Waals surface area contributed by atoms with Gasteiger partial charge in [-0.15, -0.1) is 0 Å². The van der Waals surface area contributed by atoms with Crippen LogP contribution in [0.15, 0.2) is 0 Å². The van der Waals surface area contributed by atoms with Gasteiger partial charge in [0.15, 0.2) is 0 Å². The third-order valence-electron chi connectivity index (χ3n) is 1.63. The Labute approximate surface area is 60.9 Å². The lowest BCUT2D eigenvalue weighted by molar-refractivity contribution is 0.193. The van der Waals surface area contributed by atoms with Gasteiger partial charge in [-0.05, 0) is 12.8 Å². The summed E-state index contributed by atoms with van der Waals surface area (Å²) in [5.41, 5.74) is 7.93. The highest BCUT2D eigenvalue weighted by molar-refractivity contribution is 5.73. The van der Waals surface area contributed by atoms with Gasteiger partial charge in [0.25, 0.3) is 0 Å². The molecule has 0 atom stereocenters. The normalized spacial score (nSPS) is 20.4. The van der Waals surface area contributed by atoms with Gasteiger partial charge in [0.05, 0.1) is 0 Å². The number of piperidine rings is 1. The Morgan fingerprint density at radius 2 is 1.90 bits per heavy atom. The SMILES string of the molecule is N=C(N)NN1CCCCC1. The second-order valence-electron chi connectivity index (χ2n) is 2.57.